The maximum Gasteiger partial charge on any atom is 0.272 e. The smallest absolute Gasteiger partial charge is 0.272 e. The molecule has 0 saturated heterocycles. The first-order valence-electron chi connectivity index (χ1n) is 7.12. The number of carbonyl (C=O) groups excluding carboxylic acids is 2. The number of aromatic nitrogens is 1. The Bertz CT molecular complexity index is 808. The molecule has 5 heteroatoms. The van der Waals surface area contributed by atoms with E-state index in [0.717, 1.165) is 11.4 Å². The summed E-state index contributed by atoms with van der Waals surface area (Å²) in [5.74, 6) is -0.290. The molecule has 0 fully saturated rings. The summed E-state index contributed by atoms with van der Waals surface area (Å²) in [6.45, 7) is 0. The Morgan fingerprint density at radius 2 is 1.57 bits per heavy atom. The second-order valence-corrected chi connectivity index (χ2v) is 4.99. The maximum absolute atomic E-state index is 12.0. The topological polar surface area (TPSA) is 74.0 Å². The summed E-state index contributed by atoms with van der Waals surface area (Å²) in [6, 6.07) is 18.7. The summed E-state index contributed by atoms with van der Waals surface area (Å²) in [5.41, 5.74) is 3.39. The van der Waals surface area contributed by atoms with Crippen LogP contribution in [0, 0.1) is 0 Å². The van der Waals surface area contributed by atoms with Crippen LogP contribution in [0.25, 0.3) is 0 Å². The second kappa shape index (κ2) is 6.62. The van der Waals surface area contributed by atoms with Crippen molar-refractivity contribution in [3.8, 4) is 0 Å². The Kier molecular flexibility index (Phi) is 4.20. The highest BCUT2D eigenvalue weighted by molar-refractivity contribution is 6.03. The molecule has 1 aromatic heterocycles. The van der Waals surface area contributed by atoms with Crippen LogP contribution in [0.4, 0.5) is 17.1 Å². The predicted octanol–water partition coefficient (Wildman–Crippen LogP) is 3.82. The summed E-state index contributed by atoms with van der Waals surface area (Å²) in [4.78, 5) is 25.4. The normalized spacial score (nSPS) is 10.1. The number of carbonyl (C=O) groups is 2. The fourth-order valence-corrected chi connectivity index (χ4v) is 2.13. The third kappa shape index (κ3) is 3.65. The summed E-state index contributed by atoms with van der Waals surface area (Å²) in [5, 5.41) is 6.04. The number of hydrogen-bond donors (Lipinski definition) is 3. The highest BCUT2D eigenvalue weighted by Gasteiger charge is 2.08. The number of aldehydes is 1. The molecule has 2 aromatic carbocycles. The van der Waals surface area contributed by atoms with Crippen molar-refractivity contribution in [2.45, 2.75) is 0 Å². The van der Waals surface area contributed by atoms with Crippen LogP contribution < -0.4 is 10.6 Å². The zero-order valence-electron chi connectivity index (χ0n) is 12.2. The lowest BCUT2D eigenvalue weighted by molar-refractivity contribution is 0.102. The number of anilines is 3. The molecule has 0 radical (unpaired) electrons. The lowest BCUT2D eigenvalue weighted by atomic mass is 10.2. The Morgan fingerprint density at radius 3 is 2.22 bits per heavy atom. The molecule has 0 aliphatic rings. The van der Waals surface area contributed by atoms with E-state index in [1.807, 2.05) is 54.6 Å². The zero-order valence-corrected chi connectivity index (χ0v) is 12.2. The monoisotopic (exact) mass is 305 g/mol. The fourth-order valence-electron chi connectivity index (χ4n) is 2.13. The van der Waals surface area contributed by atoms with Gasteiger partial charge in [0.25, 0.3) is 5.91 Å². The van der Waals surface area contributed by atoms with Crippen LogP contribution in [0.3, 0.4) is 0 Å². The molecule has 114 valence electrons. The lowest BCUT2D eigenvalue weighted by Gasteiger charge is -2.08. The van der Waals surface area contributed by atoms with E-state index < -0.39 is 0 Å². The Labute approximate surface area is 133 Å². The van der Waals surface area contributed by atoms with Gasteiger partial charge in [0.05, 0.1) is 0 Å². The summed E-state index contributed by atoms with van der Waals surface area (Å²) in [6.07, 6.45) is 2.19. The molecule has 3 N–H and O–H groups in total. The van der Waals surface area contributed by atoms with E-state index in [-0.39, 0.29) is 5.91 Å². The van der Waals surface area contributed by atoms with Crippen molar-refractivity contribution in [1.82, 2.24) is 4.98 Å². The van der Waals surface area contributed by atoms with Gasteiger partial charge in [-0.15, -0.1) is 0 Å². The molecule has 0 aliphatic carbocycles. The van der Waals surface area contributed by atoms with Gasteiger partial charge in [-0.3, -0.25) is 9.59 Å². The first kappa shape index (κ1) is 14.6. The van der Waals surface area contributed by atoms with Crippen LogP contribution in [0.1, 0.15) is 20.8 Å². The molecule has 23 heavy (non-hydrogen) atoms. The van der Waals surface area contributed by atoms with Gasteiger partial charge in [-0.25, -0.2) is 0 Å². The quantitative estimate of drug-likeness (QED) is 0.627. The Morgan fingerprint density at radius 1 is 0.913 bits per heavy atom. The lowest BCUT2D eigenvalue weighted by Crippen LogP contribution is -2.12. The molecular weight excluding hydrogens is 290 g/mol. The molecule has 3 aromatic rings. The van der Waals surface area contributed by atoms with Gasteiger partial charge >= 0.3 is 0 Å². The molecule has 1 heterocycles. The highest BCUT2D eigenvalue weighted by Crippen LogP contribution is 2.19. The van der Waals surface area contributed by atoms with Crippen molar-refractivity contribution in [2.24, 2.45) is 0 Å². The standard InChI is InChI=1S/C18H15N3O2/c22-12-13-10-17(19-11-13)18(23)21-16-8-6-15(7-9-16)20-14-4-2-1-3-5-14/h1-12,19-20H,(H,21,23). The van der Waals surface area contributed by atoms with Crippen molar-refractivity contribution in [1.29, 1.82) is 0 Å². The number of H-pyrrole nitrogens is 1. The van der Waals surface area contributed by atoms with Crippen LogP contribution in [-0.2, 0) is 0 Å². The summed E-state index contributed by atoms with van der Waals surface area (Å²) < 4.78 is 0. The van der Waals surface area contributed by atoms with Gasteiger partial charge in [0.15, 0.2) is 6.29 Å². The first-order valence-corrected chi connectivity index (χ1v) is 7.12. The fraction of sp³-hybridized carbons (Fsp3) is 0. The highest BCUT2D eigenvalue weighted by atomic mass is 16.2. The van der Waals surface area contributed by atoms with Gasteiger partial charge in [0.1, 0.15) is 5.69 Å². The van der Waals surface area contributed by atoms with Crippen molar-refractivity contribution in [3.05, 3.63) is 78.1 Å². The largest absolute Gasteiger partial charge is 0.356 e. The average Bonchev–Trinajstić information content (AvgIpc) is 3.07. The molecule has 0 atom stereocenters. The van der Waals surface area contributed by atoms with Crippen molar-refractivity contribution >= 4 is 29.3 Å². The molecule has 0 saturated carbocycles. The molecule has 0 aliphatic heterocycles. The van der Waals surface area contributed by atoms with E-state index in [0.29, 0.717) is 23.2 Å². The number of para-hydroxylation sites is 1. The molecular formula is C18H15N3O2. The van der Waals surface area contributed by atoms with Crippen molar-refractivity contribution < 1.29 is 9.59 Å². The molecule has 0 bridgehead atoms. The van der Waals surface area contributed by atoms with Gasteiger partial charge in [-0.2, -0.15) is 0 Å². The summed E-state index contributed by atoms with van der Waals surface area (Å²) in [7, 11) is 0. The molecule has 1 amide bonds. The Balaban J connectivity index is 1.65. The number of aromatic amines is 1. The molecule has 3 rings (SSSR count). The minimum absolute atomic E-state index is 0.290. The van der Waals surface area contributed by atoms with Gasteiger partial charge < -0.3 is 15.6 Å². The van der Waals surface area contributed by atoms with E-state index in [9.17, 15) is 9.59 Å². The van der Waals surface area contributed by atoms with E-state index in [2.05, 4.69) is 15.6 Å². The number of hydrogen-bond acceptors (Lipinski definition) is 3. The van der Waals surface area contributed by atoms with E-state index in [1.54, 1.807) is 0 Å². The Hall–Kier alpha value is -3.34. The number of nitrogens with one attached hydrogen (secondary N) is 3. The van der Waals surface area contributed by atoms with E-state index >= 15 is 0 Å². The minimum atomic E-state index is -0.290. The van der Waals surface area contributed by atoms with Crippen molar-refractivity contribution in [2.75, 3.05) is 10.6 Å². The zero-order chi connectivity index (χ0) is 16.1. The van der Waals surface area contributed by atoms with Gasteiger partial charge in [0, 0.05) is 28.8 Å². The first-order chi connectivity index (χ1) is 11.2. The minimum Gasteiger partial charge on any atom is -0.356 e. The molecule has 0 spiro atoms. The SMILES string of the molecule is O=Cc1c[nH]c(C(=O)Nc2ccc(Nc3ccccc3)cc2)c1. The third-order valence-corrected chi connectivity index (χ3v) is 3.29. The molecule has 0 unspecified atom stereocenters. The third-order valence-electron chi connectivity index (χ3n) is 3.29. The van der Waals surface area contributed by atoms with E-state index in [1.165, 1.54) is 12.3 Å². The van der Waals surface area contributed by atoms with Crippen LogP contribution >= 0.6 is 0 Å². The van der Waals surface area contributed by atoms with Gasteiger partial charge in [0.2, 0.25) is 0 Å². The van der Waals surface area contributed by atoms with Crippen LogP contribution in [0.15, 0.2) is 66.9 Å². The van der Waals surface area contributed by atoms with Gasteiger partial charge in [-0.1, -0.05) is 18.2 Å². The number of amides is 1. The molecule has 5 nitrogen and oxygen atoms in total. The summed E-state index contributed by atoms with van der Waals surface area (Å²) >= 11 is 0. The van der Waals surface area contributed by atoms with Crippen LogP contribution in [-0.4, -0.2) is 17.2 Å². The maximum atomic E-state index is 12.0. The van der Waals surface area contributed by atoms with E-state index in [4.69, 9.17) is 0 Å². The van der Waals surface area contributed by atoms with Crippen molar-refractivity contribution in [3.63, 3.8) is 0 Å². The average molecular weight is 305 g/mol. The number of benzene rings is 2. The predicted molar refractivity (Wildman–Crippen MR) is 90.3 cm³/mol. The van der Waals surface area contributed by atoms with Gasteiger partial charge in [-0.05, 0) is 42.5 Å². The number of rotatable bonds is 5. The second-order valence-electron chi connectivity index (χ2n) is 4.99. The van der Waals surface area contributed by atoms with Crippen LogP contribution in [0.2, 0.25) is 0 Å². The van der Waals surface area contributed by atoms with Crippen LogP contribution in [0.5, 0.6) is 0 Å².